The summed E-state index contributed by atoms with van der Waals surface area (Å²) in [6, 6.07) is 6.27. The molecule has 0 aliphatic carbocycles. The fourth-order valence-corrected chi connectivity index (χ4v) is 2.23. The molecule has 0 bridgehead atoms. The number of aryl methyl sites for hydroxylation is 1. The summed E-state index contributed by atoms with van der Waals surface area (Å²) in [5, 5.41) is 0. The maximum atomic E-state index is 6.09. The number of rotatable bonds is 3. The third-order valence-electron chi connectivity index (χ3n) is 4.41. The number of hydrogen-bond acceptors (Lipinski definition) is 3. The van der Waals surface area contributed by atoms with Gasteiger partial charge in [-0.2, -0.15) is 0 Å². The van der Waals surface area contributed by atoms with E-state index in [1.807, 2.05) is 11.9 Å². The van der Waals surface area contributed by atoms with Crippen molar-refractivity contribution >= 4 is 18.3 Å². The van der Waals surface area contributed by atoms with Crippen LogP contribution >= 0.6 is 0 Å². The smallest absolute Gasteiger partial charge is 0.399 e. The first kappa shape index (κ1) is 15.1. The van der Waals surface area contributed by atoms with Crippen LogP contribution in [0.2, 0.25) is 0 Å². The Labute approximate surface area is 122 Å². The summed E-state index contributed by atoms with van der Waals surface area (Å²) in [4.78, 5) is 2.00. The van der Waals surface area contributed by atoms with Crippen molar-refractivity contribution in [3.8, 4) is 0 Å². The first-order valence-electron chi connectivity index (χ1n) is 6.99. The number of anilines is 1. The first-order valence-corrected chi connectivity index (χ1v) is 6.99. The van der Waals surface area contributed by atoms with Crippen LogP contribution < -0.4 is 10.4 Å². The third-order valence-corrected chi connectivity index (χ3v) is 4.41. The number of hydrogen-bond donors (Lipinski definition) is 0. The van der Waals surface area contributed by atoms with E-state index in [0.717, 1.165) is 11.2 Å². The molecule has 1 aromatic rings. The summed E-state index contributed by atoms with van der Waals surface area (Å²) in [6.07, 6.45) is 1.80. The normalized spacial score (nSPS) is 20.0. The molecule has 4 heteroatoms. The average molecular weight is 273 g/mol. The molecule has 0 atom stereocenters. The molecule has 0 spiro atoms. The highest BCUT2D eigenvalue weighted by atomic mass is 16.7. The van der Waals surface area contributed by atoms with Gasteiger partial charge in [0.05, 0.1) is 11.2 Å². The van der Waals surface area contributed by atoms with E-state index in [2.05, 4.69) is 59.4 Å². The lowest BCUT2D eigenvalue weighted by Gasteiger charge is -2.32. The number of nitrogens with zero attached hydrogens (tertiary/aromatic N) is 1. The fraction of sp³-hybridized carbons (Fsp3) is 0.500. The van der Waals surface area contributed by atoms with Crippen molar-refractivity contribution in [3.63, 3.8) is 0 Å². The Kier molecular flexibility index (Phi) is 3.74. The molecule has 1 fully saturated rings. The Morgan fingerprint density at radius 3 is 2.20 bits per heavy atom. The van der Waals surface area contributed by atoms with Gasteiger partial charge in [-0.15, -0.1) is 0 Å². The predicted molar refractivity (Wildman–Crippen MR) is 85.5 cm³/mol. The summed E-state index contributed by atoms with van der Waals surface area (Å²) >= 11 is 0. The minimum Gasteiger partial charge on any atom is -0.399 e. The second-order valence-electron chi connectivity index (χ2n) is 6.43. The molecule has 0 N–H and O–H groups in total. The monoisotopic (exact) mass is 273 g/mol. The van der Waals surface area contributed by atoms with E-state index in [1.54, 1.807) is 6.20 Å². The average Bonchev–Trinajstić information content (AvgIpc) is 2.58. The van der Waals surface area contributed by atoms with E-state index in [0.29, 0.717) is 0 Å². The summed E-state index contributed by atoms with van der Waals surface area (Å²) in [6.45, 7) is 14.2. The van der Waals surface area contributed by atoms with E-state index in [9.17, 15) is 0 Å². The Balaban J connectivity index is 2.34. The first-order chi connectivity index (χ1) is 9.18. The van der Waals surface area contributed by atoms with Gasteiger partial charge in [0.1, 0.15) is 0 Å². The Morgan fingerprint density at radius 1 is 1.15 bits per heavy atom. The predicted octanol–water partition coefficient (Wildman–Crippen LogP) is 2.87. The molecular formula is C16H24BNO2. The van der Waals surface area contributed by atoms with Gasteiger partial charge < -0.3 is 14.2 Å². The van der Waals surface area contributed by atoms with Crippen LogP contribution in [0.4, 0.5) is 5.69 Å². The standard InChI is InChI=1S/C16H24BNO2/c1-8-18(7)14-11-13(10-9-12(14)2)17-19-15(3,4)16(5,6)20-17/h8-11H,1H2,2-7H3. The van der Waals surface area contributed by atoms with Gasteiger partial charge in [0.25, 0.3) is 0 Å². The van der Waals surface area contributed by atoms with Gasteiger partial charge in [-0.05, 0) is 57.9 Å². The van der Waals surface area contributed by atoms with Crippen LogP contribution in [0.3, 0.4) is 0 Å². The lowest BCUT2D eigenvalue weighted by molar-refractivity contribution is 0.00578. The van der Waals surface area contributed by atoms with Crippen LogP contribution in [-0.4, -0.2) is 25.4 Å². The maximum Gasteiger partial charge on any atom is 0.494 e. The molecule has 0 unspecified atom stereocenters. The third kappa shape index (κ3) is 2.50. The quantitative estimate of drug-likeness (QED) is 0.790. The largest absolute Gasteiger partial charge is 0.494 e. The van der Waals surface area contributed by atoms with E-state index in [-0.39, 0.29) is 18.3 Å². The molecule has 1 aliphatic heterocycles. The van der Waals surface area contributed by atoms with Crippen LogP contribution in [0.15, 0.2) is 31.0 Å². The summed E-state index contributed by atoms with van der Waals surface area (Å²) in [5.74, 6) is 0. The molecule has 20 heavy (non-hydrogen) atoms. The summed E-state index contributed by atoms with van der Waals surface area (Å²) in [7, 11) is 1.67. The molecule has 1 aliphatic rings. The van der Waals surface area contributed by atoms with Crippen LogP contribution in [0.1, 0.15) is 33.3 Å². The van der Waals surface area contributed by atoms with E-state index < -0.39 is 0 Å². The van der Waals surface area contributed by atoms with Crippen LogP contribution in [0, 0.1) is 6.92 Å². The molecule has 0 radical (unpaired) electrons. The van der Waals surface area contributed by atoms with Crippen LogP contribution in [-0.2, 0) is 9.31 Å². The van der Waals surface area contributed by atoms with Gasteiger partial charge in [-0.25, -0.2) is 0 Å². The SMILES string of the molecule is C=CN(C)c1cc(B2OC(C)(C)C(C)(C)O2)ccc1C. The Morgan fingerprint density at radius 2 is 1.70 bits per heavy atom. The Bertz CT molecular complexity index is 509. The molecule has 0 aromatic heterocycles. The zero-order valence-corrected chi connectivity index (χ0v) is 13.4. The van der Waals surface area contributed by atoms with Gasteiger partial charge >= 0.3 is 7.12 Å². The van der Waals surface area contributed by atoms with Crippen LogP contribution in [0.25, 0.3) is 0 Å². The van der Waals surface area contributed by atoms with E-state index >= 15 is 0 Å². The van der Waals surface area contributed by atoms with Crippen molar-refractivity contribution in [1.82, 2.24) is 0 Å². The second-order valence-corrected chi connectivity index (χ2v) is 6.43. The van der Waals surface area contributed by atoms with Gasteiger partial charge in [0, 0.05) is 12.7 Å². The second kappa shape index (κ2) is 4.94. The highest BCUT2D eigenvalue weighted by molar-refractivity contribution is 6.62. The van der Waals surface area contributed by atoms with E-state index in [1.165, 1.54) is 5.56 Å². The van der Waals surface area contributed by atoms with Crippen molar-refractivity contribution in [3.05, 3.63) is 36.5 Å². The molecule has 1 aromatic carbocycles. The molecular weight excluding hydrogens is 249 g/mol. The molecule has 1 saturated heterocycles. The highest BCUT2D eigenvalue weighted by Crippen LogP contribution is 2.36. The van der Waals surface area contributed by atoms with Crippen molar-refractivity contribution < 1.29 is 9.31 Å². The summed E-state index contributed by atoms with van der Waals surface area (Å²) < 4.78 is 12.2. The van der Waals surface area contributed by atoms with E-state index in [4.69, 9.17) is 9.31 Å². The van der Waals surface area contributed by atoms with Gasteiger partial charge in [0.15, 0.2) is 0 Å². The van der Waals surface area contributed by atoms with Crippen molar-refractivity contribution in [2.45, 2.75) is 45.8 Å². The zero-order chi connectivity index (χ0) is 15.1. The minimum absolute atomic E-state index is 0.312. The van der Waals surface area contributed by atoms with Gasteiger partial charge in [-0.1, -0.05) is 18.7 Å². The molecule has 1 heterocycles. The van der Waals surface area contributed by atoms with Gasteiger partial charge in [-0.3, -0.25) is 0 Å². The van der Waals surface area contributed by atoms with Crippen LogP contribution in [0.5, 0.6) is 0 Å². The summed E-state index contributed by atoms with van der Waals surface area (Å²) in [5.41, 5.74) is 2.73. The molecule has 0 amide bonds. The number of benzene rings is 1. The topological polar surface area (TPSA) is 21.7 Å². The minimum atomic E-state index is -0.322. The van der Waals surface area contributed by atoms with Gasteiger partial charge in [0.2, 0.25) is 0 Å². The Hall–Kier alpha value is -1.26. The highest BCUT2D eigenvalue weighted by Gasteiger charge is 2.51. The molecule has 3 nitrogen and oxygen atoms in total. The maximum absolute atomic E-state index is 6.09. The van der Waals surface area contributed by atoms with Crippen molar-refractivity contribution in [1.29, 1.82) is 0 Å². The lowest BCUT2D eigenvalue weighted by atomic mass is 9.78. The molecule has 2 rings (SSSR count). The van der Waals surface area contributed by atoms with Crippen molar-refractivity contribution in [2.75, 3.05) is 11.9 Å². The van der Waals surface area contributed by atoms with Crippen molar-refractivity contribution in [2.24, 2.45) is 0 Å². The lowest BCUT2D eigenvalue weighted by Crippen LogP contribution is -2.41. The zero-order valence-electron chi connectivity index (χ0n) is 13.4. The molecule has 0 saturated carbocycles. The molecule has 108 valence electrons. The fourth-order valence-electron chi connectivity index (χ4n) is 2.23.